The molecule has 8 nitrogen and oxygen atoms in total. The molecule has 3 aliphatic rings. The molecule has 0 aromatic carbocycles. The summed E-state index contributed by atoms with van der Waals surface area (Å²) in [4.78, 5) is 32.1. The summed E-state index contributed by atoms with van der Waals surface area (Å²) in [7, 11) is 6.20. The number of urea groups is 1. The van der Waals surface area contributed by atoms with Crippen molar-refractivity contribution in [1.29, 1.82) is 0 Å². The van der Waals surface area contributed by atoms with Crippen LogP contribution >= 0.6 is 0 Å². The fourth-order valence-electron chi connectivity index (χ4n) is 5.52. The van der Waals surface area contributed by atoms with E-state index in [2.05, 4.69) is 22.2 Å². The lowest BCUT2D eigenvalue weighted by Gasteiger charge is -2.49. The molecule has 1 aliphatic carbocycles. The third kappa shape index (κ3) is 6.18. The molecule has 8 heteroatoms. The molecule has 1 saturated carbocycles. The van der Waals surface area contributed by atoms with E-state index in [1.807, 2.05) is 21.0 Å². The molecule has 2 saturated heterocycles. The molecule has 0 radical (unpaired) electrons. The molecule has 2 heterocycles. The molecule has 178 valence electrons. The van der Waals surface area contributed by atoms with Gasteiger partial charge in [-0.15, -0.1) is 0 Å². The largest absolute Gasteiger partial charge is 0.348 e. The van der Waals surface area contributed by atoms with Crippen LogP contribution in [0.1, 0.15) is 51.9 Å². The van der Waals surface area contributed by atoms with Crippen LogP contribution in [0, 0.1) is 11.8 Å². The number of carbonyl (C=O) groups is 2. The molecule has 31 heavy (non-hydrogen) atoms. The van der Waals surface area contributed by atoms with Crippen LogP contribution in [0.2, 0.25) is 0 Å². The summed E-state index contributed by atoms with van der Waals surface area (Å²) in [5.74, 6) is -0.281. The predicted octanol–water partition coefficient (Wildman–Crippen LogP) is 2.14. The van der Waals surface area contributed by atoms with E-state index in [1.54, 1.807) is 0 Å². The molecule has 3 rings (SSSR count). The van der Waals surface area contributed by atoms with Gasteiger partial charge in [-0.3, -0.25) is 9.69 Å². The lowest BCUT2D eigenvalue weighted by atomic mass is 9.72. The van der Waals surface area contributed by atoms with Crippen molar-refractivity contribution >= 4 is 11.9 Å². The average Bonchev–Trinajstić information content (AvgIpc) is 3.18. The summed E-state index contributed by atoms with van der Waals surface area (Å²) in [5.41, 5.74) is 0. The quantitative estimate of drug-likeness (QED) is 0.586. The Hall–Kier alpha value is -1.22. The molecule has 0 aromatic rings. The number of piperidine rings is 1. The molecular weight excluding hydrogens is 396 g/mol. The summed E-state index contributed by atoms with van der Waals surface area (Å²) in [6.07, 6.45) is 6.31. The van der Waals surface area contributed by atoms with E-state index < -0.39 is 5.79 Å². The number of imide groups is 1. The lowest BCUT2D eigenvalue weighted by Crippen LogP contribution is -2.57. The number of amides is 3. The van der Waals surface area contributed by atoms with Gasteiger partial charge in [0.1, 0.15) is 0 Å². The molecule has 3 atom stereocenters. The number of likely N-dealkylation sites (tertiary alicyclic amines) is 1. The van der Waals surface area contributed by atoms with Crippen molar-refractivity contribution in [3.05, 3.63) is 0 Å². The molecule has 1 spiro atoms. The first-order valence-corrected chi connectivity index (χ1v) is 12.1. The standard InChI is InChI=1S/C23H42N4O4/c1-5-11-27(22(29)24-10-6-7-12-25(2)3)21(28)19-15-18-16-23(30-13-14-31-23)9-8-20(18)26(4)17-19/h18-20H,5-17H2,1-4H3,(H,24,29)/t18-,19-,20-/m1/s1. The molecular formula is C23H42N4O4. The zero-order chi connectivity index (χ0) is 22.4. The van der Waals surface area contributed by atoms with Crippen LogP contribution < -0.4 is 5.32 Å². The zero-order valence-corrected chi connectivity index (χ0v) is 19.9. The topological polar surface area (TPSA) is 74.4 Å². The van der Waals surface area contributed by atoms with E-state index >= 15 is 0 Å². The lowest BCUT2D eigenvalue weighted by molar-refractivity contribution is -0.202. The van der Waals surface area contributed by atoms with Gasteiger partial charge in [-0.2, -0.15) is 0 Å². The van der Waals surface area contributed by atoms with Gasteiger partial charge in [0.25, 0.3) is 0 Å². The zero-order valence-electron chi connectivity index (χ0n) is 19.9. The minimum atomic E-state index is -0.444. The van der Waals surface area contributed by atoms with Gasteiger partial charge in [-0.05, 0) is 65.7 Å². The van der Waals surface area contributed by atoms with Gasteiger partial charge in [-0.25, -0.2) is 4.79 Å². The van der Waals surface area contributed by atoms with Crippen LogP contribution in [0.4, 0.5) is 4.79 Å². The van der Waals surface area contributed by atoms with Crippen molar-refractivity contribution in [1.82, 2.24) is 20.0 Å². The maximum atomic E-state index is 13.4. The highest BCUT2D eigenvalue weighted by Crippen LogP contribution is 2.45. The molecule has 0 aromatic heterocycles. The van der Waals surface area contributed by atoms with Gasteiger partial charge < -0.3 is 24.6 Å². The number of hydrogen-bond acceptors (Lipinski definition) is 6. The van der Waals surface area contributed by atoms with Crippen LogP contribution in [-0.4, -0.2) is 99.0 Å². The Balaban J connectivity index is 1.57. The Morgan fingerprint density at radius 2 is 1.90 bits per heavy atom. The first kappa shape index (κ1) is 24.4. The van der Waals surface area contributed by atoms with Gasteiger partial charge in [0, 0.05) is 38.5 Å². The van der Waals surface area contributed by atoms with E-state index in [9.17, 15) is 9.59 Å². The second kappa shape index (κ2) is 11.1. The van der Waals surface area contributed by atoms with Gasteiger partial charge in [0.05, 0.1) is 19.1 Å². The molecule has 1 N–H and O–H groups in total. The van der Waals surface area contributed by atoms with E-state index in [-0.39, 0.29) is 17.9 Å². The summed E-state index contributed by atoms with van der Waals surface area (Å²) >= 11 is 0. The normalized spacial score (nSPS) is 28.0. The molecule has 0 unspecified atom stereocenters. The highest BCUT2D eigenvalue weighted by molar-refractivity contribution is 5.95. The van der Waals surface area contributed by atoms with Crippen LogP contribution in [-0.2, 0) is 14.3 Å². The molecule has 3 fully saturated rings. The van der Waals surface area contributed by atoms with Crippen molar-refractivity contribution < 1.29 is 19.1 Å². The van der Waals surface area contributed by atoms with E-state index in [1.165, 1.54) is 4.90 Å². The minimum absolute atomic E-state index is 0.0363. The monoisotopic (exact) mass is 438 g/mol. The number of hydrogen-bond donors (Lipinski definition) is 1. The van der Waals surface area contributed by atoms with E-state index in [0.717, 1.165) is 51.5 Å². The second-order valence-electron chi connectivity index (χ2n) is 9.78. The Morgan fingerprint density at radius 1 is 1.16 bits per heavy atom. The Bertz CT molecular complexity index is 608. The molecule has 3 amide bonds. The number of nitrogens with one attached hydrogen (secondary N) is 1. The molecule has 0 bridgehead atoms. The van der Waals surface area contributed by atoms with E-state index in [4.69, 9.17) is 9.47 Å². The number of rotatable bonds is 8. The summed E-state index contributed by atoms with van der Waals surface area (Å²) in [5, 5.41) is 2.96. The van der Waals surface area contributed by atoms with Crippen molar-refractivity contribution in [2.45, 2.75) is 63.7 Å². The maximum absolute atomic E-state index is 13.4. The number of ether oxygens (including phenoxy) is 2. The third-order valence-electron chi connectivity index (χ3n) is 7.03. The van der Waals surface area contributed by atoms with Crippen molar-refractivity contribution in [2.75, 3.05) is 60.5 Å². The number of unbranched alkanes of at least 4 members (excludes halogenated alkanes) is 1. The summed E-state index contributed by atoms with van der Waals surface area (Å²) < 4.78 is 11.9. The molecule has 2 aliphatic heterocycles. The number of carbonyl (C=O) groups excluding carboxylic acids is 2. The van der Waals surface area contributed by atoms with Crippen molar-refractivity contribution in [3.63, 3.8) is 0 Å². The third-order valence-corrected chi connectivity index (χ3v) is 7.03. The Labute approximate surface area is 187 Å². The van der Waals surface area contributed by atoms with E-state index in [0.29, 0.717) is 44.8 Å². The van der Waals surface area contributed by atoms with Crippen LogP contribution in [0.15, 0.2) is 0 Å². The van der Waals surface area contributed by atoms with Gasteiger partial charge in [0.2, 0.25) is 5.91 Å². The smallest absolute Gasteiger partial charge is 0.324 e. The predicted molar refractivity (Wildman–Crippen MR) is 120 cm³/mol. The fraction of sp³-hybridized carbons (Fsp3) is 0.913. The highest BCUT2D eigenvalue weighted by Gasteiger charge is 2.49. The Morgan fingerprint density at radius 3 is 2.58 bits per heavy atom. The number of nitrogens with zero attached hydrogens (tertiary/aromatic N) is 3. The second-order valence-corrected chi connectivity index (χ2v) is 9.78. The SMILES string of the molecule is CCCN(C(=O)NCCCCN(C)C)C(=O)[C@@H]1C[C@@H]2CC3(CC[C@H]2N(C)C1)OCCO3. The Kier molecular flexibility index (Phi) is 8.73. The van der Waals surface area contributed by atoms with Crippen LogP contribution in [0.25, 0.3) is 0 Å². The maximum Gasteiger partial charge on any atom is 0.324 e. The highest BCUT2D eigenvalue weighted by atomic mass is 16.7. The summed E-state index contributed by atoms with van der Waals surface area (Å²) in [6, 6.07) is 0.219. The van der Waals surface area contributed by atoms with Crippen LogP contribution in [0.3, 0.4) is 0 Å². The minimum Gasteiger partial charge on any atom is -0.348 e. The average molecular weight is 439 g/mol. The van der Waals surface area contributed by atoms with Gasteiger partial charge in [-0.1, -0.05) is 6.92 Å². The number of fused-ring (bicyclic) bond motifs is 1. The fourth-order valence-corrected chi connectivity index (χ4v) is 5.52. The van der Waals surface area contributed by atoms with Gasteiger partial charge in [0.15, 0.2) is 5.79 Å². The summed E-state index contributed by atoms with van der Waals surface area (Å²) in [6.45, 7) is 6.11. The van der Waals surface area contributed by atoms with Gasteiger partial charge >= 0.3 is 6.03 Å². The first-order valence-electron chi connectivity index (χ1n) is 12.1. The van der Waals surface area contributed by atoms with Crippen molar-refractivity contribution in [2.24, 2.45) is 11.8 Å². The first-order chi connectivity index (χ1) is 14.8. The van der Waals surface area contributed by atoms with Crippen molar-refractivity contribution in [3.8, 4) is 0 Å². The van der Waals surface area contributed by atoms with Crippen LogP contribution in [0.5, 0.6) is 0 Å².